The first kappa shape index (κ1) is 14.3. The van der Waals surface area contributed by atoms with Gasteiger partial charge in [0, 0.05) is 32.1 Å². The molecular weight excluding hydrogens is 246 g/mol. The molecule has 0 aromatic rings. The summed E-state index contributed by atoms with van der Waals surface area (Å²) in [7, 11) is 0. The minimum atomic E-state index is -0.288. The first-order chi connectivity index (χ1) is 9.09. The molecule has 0 saturated carbocycles. The lowest BCUT2D eigenvalue weighted by Gasteiger charge is -2.32. The summed E-state index contributed by atoms with van der Waals surface area (Å²) in [5.41, 5.74) is 5.67. The largest absolute Gasteiger partial charge is 0.378 e. The van der Waals surface area contributed by atoms with Crippen molar-refractivity contribution in [2.75, 3.05) is 32.8 Å². The highest BCUT2D eigenvalue weighted by molar-refractivity contribution is 5.88. The number of carbonyl (C=O) groups is 2. The number of nitrogens with two attached hydrogens (primary N) is 1. The van der Waals surface area contributed by atoms with Crippen LogP contribution in [0.4, 0.5) is 0 Å². The van der Waals surface area contributed by atoms with E-state index >= 15 is 0 Å². The van der Waals surface area contributed by atoms with Crippen LogP contribution in [0.5, 0.6) is 0 Å². The van der Waals surface area contributed by atoms with Crippen molar-refractivity contribution in [2.24, 2.45) is 5.73 Å². The fourth-order valence-corrected chi connectivity index (χ4v) is 2.71. The van der Waals surface area contributed by atoms with Gasteiger partial charge in [-0.1, -0.05) is 0 Å². The van der Waals surface area contributed by atoms with Gasteiger partial charge in [0.05, 0.1) is 13.2 Å². The standard InChI is InChI=1S/C13H23N3O3/c1-10(14)9-12(17)16-4-2-3-11(16)13(18)15-5-7-19-8-6-15/h10-11H,2-9,14H2,1H3. The third-order valence-electron chi connectivity index (χ3n) is 3.68. The molecule has 108 valence electrons. The summed E-state index contributed by atoms with van der Waals surface area (Å²) in [5, 5.41) is 0. The molecule has 0 aliphatic carbocycles. The van der Waals surface area contributed by atoms with Crippen molar-refractivity contribution in [3.8, 4) is 0 Å². The average molecular weight is 269 g/mol. The van der Waals surface area contributed by atoms with Crippen LogP contribution in [0, 0.1) is 0 Å². The van der Waals surface area contributed by atoms with E-state index in [0.717, 1.165) is 12.8 Å². The van der Waals surface area contributed by atoms with Crippen molar-refractivity contribution in [3.05, 3.63) is 0 Å². The van der Waals surface area contributed by atoms with Gasteiger partial charge in [0.15, 0.2) is 0 Å². The SMILES string of the molecule is CC(N)CC(=O)N1CCCC1C(=O)N1CCOCC1. The second-order valence-corrected chi connectivity index (χ2v) is 5.36. The molecule has 0 aromatic heterocycles. The maximum Gasteiger partial charge on any atom is 0.245 e. The van der Waals surface area contributed by atoms with Gasteiger partial charge in [-0.15, -0.1) is 0 Å². The predicted molar refractivity (Wildman–Crippen MR) is 70.4 cm³/mol. The van der Waals surface area contributed by atoms with Gasteiger partial charge in [0.2, 0.25) is 11.8 Å². The molecule has 2 unspecified atom stereocenters. The number of hydrogen-bond donors (Lipinski definition) is 1. The van der Waals surface area contributed by atoms with Crippen LogP contribution in [0.25, 0.3) is 0 Å². The van der Waals surface area contributed by atoms with Crippen LogP contribution in [-0.2, 0) is 14.3 Å². The van der Waals surface area contributed by atoms with Crippen LogP contribution in [0.3, 0.4) is 0 Å². The molecule has 6 nitrogen and oxygen atoms in total. The molecule has 2 fully saturated rings. The van der Waals surface area contributed by atoms with Gasteiger partial charge in [0.25, 0.3) is 0 Å². The van der Waals surface area contributed by atoms with Crippen LogP contribution < -0.4 is 5.73 Å². The third-order valence-corrected chi connectivity index (χ3v) is 3.68. The Balaban J connectivity index is 1.97. The van der Waals surface area contributed by atoms with E-state index in [9.17, 15) is 9.59 Å². The summed E-state index contributed by atoms with van der Waals surface area (Å²) in [6, 6.07) is -0.448. The van der Waals surface area contributed by atoms with Gasteiger partial charge in [-0.3, -0.25) is 9.59 Å². The van der Waals surface area contributed by atoms with Crippen LogP contribution >= 0.6 is 0 Å². The zero-order chi connectivity index (χ0) is 13.8. The molecular formula is C13H23N3O3. The van der Waals surface area contributed by atoms with Gasteiger partial charge >= 0.3 is 0 Å². The molecule has 2 N–H and O–H groups in total. The Morgan fingerprint density at radius 2 is 2.00 bits per heavy atom. The molecule has 6 heteroatoms. The topological polar surface area (TPSA) is 75.9 Å². The Morgan fingerprint density at radius 3 is 2.63 bits per heavy atom. The van der Waals surface area contributed by atoms with E-state index in [4.69, 9.17) is 10.5 Å². The highest BCUT2D eigenvalue weighted by atomic mass is 16.5. The highest BCUT2D eigenvalue weighted by Crippen LogP contribution is 2.21. The minimum Gasteiger partial charge on any atom is -0.378 e. The molecule has 0 radical (unpaired) electrons. The van der Waals surface area contributed by atoms with Crippen molar-refractivity contribution in [2.45, 2.75) is 38.3 Å². The van der Waals surface area contributed by atoms with Crippen molar-refractivity contribution in [1.82, 2.24) is 9.80 Å². The summed E-state index contributed by atoms with van der Waals surface area (Å²) >= 11 is 0. The number of hydrogen-bond acceptors (Lipinski definition) is 4. The van der Waals surface area contributed by atoms with Gasteiger partial charge in [-0.25, -0.2) is 0 Å². The van der Waals surface area contributed by atoms with E-state index in [1.807, 2.05) is 11.8 Å². The summed E-state index contributed by atoms with van der Waals surface area (Å²) in [6.07, 6.45) is 1.97. The quantitative estimate of drug-likeness (QED) is 0.754. The normalized spacial score (nSPS) is 25.5. The van der Waals surface area contributed by atoms with Crippen LogP contribution in [0.15, 0.2) is 0 Å². The lowest BCUT2D eigenvalue weighted by molar-refractivity contribution is -0.146. The molecule has 2 amide bonds. The summed E-state index contributed by atoms with van der Waals surface area (Å²) in [6.45, 7) is 4.92. The van der Waals surface area contributed by atoms with Crippen molar-refractivity contribution >= 4 is 11.8 Å². The van der Waals surface area contributed by atoms with Crippen LogP contribution in [0.1, 0.15) is 26.2 Å². The molecule has 19 heavy (non-hydrogen) atoms. The summed E-state index contributed by atoms with van der Waals surface area (Å²) < 4.78 is 5.25. The molecule has 2 atom stereocenters. The zero-order valence-corrected chi connectivity index (χ0v) is 11.5. The van der Waals surface area contributed by atoms with E-state index in [2.05, 4.69) is 0 Å². The molecule has 0 bridgehead atoms. The fourth-order valence-electron chi connectivity index (χ4n) is 2.71. The van der Waals surface area contributed by atoms with Crippen LogP contribution in [-0.4, -0.2) is 66.5 Å². The first-order valence-electron chi connectivity index (χ1n) is 7.01. The van der Waals surface area contributed by atoms with Gasteiger partial charge in [0.1, 0.15) is 6.04 Å². The lowest BCUT2D eigenvalue weighted by atomic mass is 10.1. The third kappa shape index (κ3) is 3.45. The van der Waals surface area contributed by atoms with Gasteiger partial charge in [-0.05, 0) is 19.8 Å². The smallest absolute Gasteiger partial charge is 0.245 e. The summed E-state index contributed by atoms with van der Waals surface area (Å²) in [5.74, 6) is 0.0675. The van der Waals surface area contributed by atoms with Crippen molar-refractivity contribution in [1.29, 1.82) is 0 Å². The summed E-state index contributed by atoms with van der Waals surface area (Å²) in [4.78, 5) is 28.1. The molecule has 2 rings (SSSR count). The monoisotopic (exact) mass is 269 g/mol. The predicted octanol–water partition coefficient (Wildman–Crippen LogP) is -0.426. The van der Waals surface area contributed by atoms with Crippen molar-refractivity contribution in [3.63, 3.8) is 0 Å². The number of ether oxygens (including phenoxy) is 1. The Labute approximate surface area is 113 Å². The van der Waals surface area contributed by atoms with E-state index in [1.54, 1.807) is 4.90 Å². The number of morpholine rings is 1. The van der Waals surface area contributed by atoms with Crippen LogP contribution in [0.2, 0.25) is 0 Å². The molecule has 2 heterocycles. The minimum absolute atomic E-state index is 0.000825. The molecule has 2 aliphatic rings. The Kier molecular flexibility index (Phi) is 4.76. The number of nitrogens with zero attached hydrogens (tertiary/aromatic N) is 2. The number of amides is 2. The zero-order valence-electron chi connectivity index (χ0n) is 11.5. The number of likely N-dealkylation sites (tertiary alicyclic amines) is 1. The Bertz CT molecular complexity index is 340. The highest BCUT2D eigenvalue weighted by Gasteiger charge is 2.36. The van der Waals surface area contributed by atoms with Crippen molar-refractivity contribution < 1.29 is 14.3 Å². The Hall–Kier alpha value is -1.14. The molecule has 2 saturated heterocycles. The van der Waals surface area contributed by atoms with E-state index < -0.39 is 0 Å². The number of rotatable bonds is 3. The van der Waals surface area contributed by atoms with Gasteiger partial charge < -0.3 is 20.3 Å². The fraction of sp³-hybridized carbons (Fsp3) is 0.846. The molecule has 0 spiro atoms. The maximum absolute atomic E-state index is 12.4. The van der Waals surface area contributed by atoms with E-state index in [0.29, 0.717) is 39.3 Å². The molecule has 0 aromatic carbocycles. The maximum atomic E-state index is 12.4. The average Bonchev–Trinajstić information content (AvgIpc) is 2.87. The van der Waals surface area contributed by atoms with Gasteiger partial charge in [-0.2, -0.15) is 0 Å². The molecule has 2 aliphatic heterocycles. The second-order valence-electron chi connectivity index (χ2n) is 5.36. The van der Waals surface area contributed by atoms with E-state index in [-0.39, 0.29) is 23.9 Å². The first-order valence-corrected chi connectivity index (χ1v) is 7.01. The second kappa shape index (κ2) is 6.34. The lowest BCUT2D eigenvalue weighted by Crippen LogP contribution is -2.51. The number of carbonyl (C=O) groups excluding carboxylic acids is 2. The van der Waals surface area contributed by atoms with E-state index in [1.165, 1.54) is 0 Å². The Morgan fingerprint density at radius 1 is 1.32 bits per heavy atom.